The highest BCUT2D eigenvalue weighted by atomic mass is 127. The Balaban J connectivity index is 0.00000420. The van der Waals surface area contributed by atoms with Gasteiger partial charge in [-0.05, 0) is 36.8 Å². The Morgan fingerprint density at radius 3 is 2.48 bits per heavy atom. The average molecular weight is 524 g/mol. The first kappa shape index (κ1) is 24.7. The van der Waals surface area contributed by atoms with Crippen molar-refractivity contribution in [3.63, 3.8) is 0 Å². The Kier molecular flexibility index (Phi) is 9.86. The summed E-state index contributed by atoms with van der Waals surface area (Å²) in [6, 6.07) is 7.71. The van der Waals surface area contributed by atoms with Crippen LogP contribution in [0.2, 0.25) is 0 Å². The van der Waals surface area contributed by atoms with E-state index >= 15 is 0 Å². The second kappa shape index (κ2) is 11.6. The summed E-state index contributed by atoms with van der Waals surface area (Å²) in [5, 5.41) is 5.13. The minimum absolute atomic E-state index is 0. The van der Waals surface area contributed by atoms with E-state index in [9.17, 15) is 22.4 Å². The molecule has 0 aliphatic rings. The molecule has 2 N–H and O–H groups in total. The summed E-state index contributed by atoms with van der Waals surface area (Å²) in [4.78, 5) is 17.8. The first-order chi connectivity index (χ1) is 13.3. The van der Waals surface area contributed by atoms with Crippen LogP contribution in [0.3, 0.4) is 0 Å². The van der Waals surface area contributed by atoms with Gasteiger partial charge in [0.2, 0.25) is 5.91 Å². The van der Waals surface area contributed by atoms with Crippen molar-refractivity contribution >= 4 is 41.5 Å². The van der Waals surface area contributed by atoms with Gasteiger partial charge in [0.1, 0.15) is 12.4 Å². The van der Waals surface area contributed by atoms with Crippen molar-refractivity contribution in [3.8, 4) is 0 Å². The molecule has 0 radical (unpaired) electrons. The van der Waals surface area contributed by atoms with Crippen molar-refractivity contribution in [2.75, 3.05) is 25.5 Å². The third-order valence-electron chi connectivity index (χ3n) is 3.69. The predicted octanol–water partition coefficient (Wildman–Crippen LogP) is 3.90. The number of carbonyl (C=O) groups excluding carboxylic acids is 1. The lowest BCUT2D eigenvalue weighted by Crippen LogP contribution is -2.39. The van der Waals surface area contributed by atoms with E-state index in [1.54, 1.807) is 24.1 Å². The van der Waals surface area contributed by atoms with Crippen LogP contribution in [0, 0.1) is 23.3 Å². The molecule has 10 heteroatoms. The molecule has 0 aliphatic heterocycles. The third kappa shape index (κ3) is 7.18. The van der Waals surface area contributed by atoms with Gasteiger partial charge in [-0.15, -0.1) is 24.0 Å². The first-order valence-electron chi connectivity index (χ1n) is 8.49. The van der Waals surface area contributed by atoms with Crippen molar-refractivity contribution in [1.82, 2.24) is 10.2 Å². The van der Waals surface area contributed by atoms with E-state index in [0.717, 1.165) is 6.07 Å². The van der Waals surface area contributed by atoms with Crippen molar-refractivity contribution in [3.05, 3.63) is 65.2 Å². The van der Waals surface area contributed by atoms with E-state index < -0.39 is 29.0 Å². The summed E-state index contributed by atoms with van der Waals surface area (Å²) in [5.41, 5.74) is 0.235. The summed E-state index contributed by atoms with van der Waals surface area (Å²) >= 11 is 0. The first-order valence-corrected chi connectivity index (χ1v) is 8.49. The molecule has 0 atom stereocenters. The summed E-state index contributed by atoms with van der Waals surface area (Å²) < 4.78 is 53.1. The van der Waals surface area contributed by atoms with Crippen LogP contribution in [0.1, 0.15) is 12.5 Å². The van der Waals surface area contributed by atoms with Gasteiger partial charge in [0.25, 0.3) is 0 Å². The quantitative estimate of drug-likeness (QED) is 0.198. The molecule has 0 bridgehead atoms. The van der Waals surface area contributed by atoms with Gasteiger partial charge >= 0.3 is 0 Å². The van der Waals surface area contributed by atoms with E-state index in [0.29, 0.717) is 30.7 Å². The Labute approximate surface area is 183 Å². The Morgan fingerprint density at radius 1 is 1.10 bits per heavy atom. The Bertz CT molecular complexity index is 879. The number of aliphatic imine (C=N–C) groups is 1. The molecule has 0 saturated heterocycles. The van der Waals surface area contributed by atoms with E-state index in [2.05, 4.69) is 15.6 Å². The number of carbonyl (C=O) groups is 1. The fourth-order valence-corrected chi connectivity index (χ4v) is 2.41. The third-order valence-corrected chi connectivity index (χ3v) is 3.69. The summed E-state index contributed by atoms with van der Waals surface area (Å²) in [5.74, 6) is -5.19. The fourth-order valence-electron chi connectivity index (χ4n) is 2.41. The van der Waals surface area contributed by atoms with Gasteiger partial charge in [0, 0.05) is 20.1 Å². The van der Waals surface area contributed by atoms with E-state index in [-0.39, 0.29) is 36.3 Å². The fraction of sp³-hybridized carbons (Fsp3) is 0.263. The molecule has 158 valence electrons. The highest BCUT2D eigenvalue weighted by Crippen LogP contribution is 2.19. The average Bonchev–Trinajstić information content (AvgIpc) is 2.65. The van der Waals surface area contributed by atoms with Gasteiger partial charge in [-0.3, -0.25) is 4.79 Å². The van der Waals surface area contributed by atoms with Crippen molar-refractivity contribution in [2.45, 2.75) is 13.5 Å². The van der Waals surface area contributed by atoms with E-state index in [4.69, 9.17) is 0 Å². The lowest BCUT2D eigenvalue weighted by atomic mass is 10.2. The molecule has 1 amide bonds. The number of anilines is 1. The minimum Gasteiger partial charge on any atom is -0.357 e. The zero-order valence-corrected chi connectivity index (χ0v) is 18.1. The maximum atomic E-state index is 13.6. The molecule has 29 heavy (non-hydrogen) atoms. The maximum Gasteiger partial charge on any atom is 0.246 e. The molecule has 2 aromatic rings. The molecule has 2 aromatic carbocycles. The number of rotatable bonds is 6. The number of benzene rings is 2. The van der Waals surface area contributed by atoms with Gasteiger partial charge in [-0.2, -0.15) is 0 Å². The number of hydrogen-bond donors (Lipinski definition) is 2. The molecule has 0 fully saturated rings. The zero-order valence-electron chi connectivity index (χ0n) is 15.8. The van der Waals surface area contributed by atoms with Gasteiger partial charge in [-0.25, -0.2) is 22.6 Å². The smallest absolute Gasteiger partial charge is 0.246 e. The van der Waals surface area contributed by atoms with Gasteiger partial charge in [0.05, 0.1) is 5.69 Å². The summed E-state index contributed by atoms with van der Waals surface area (Å²) in [6.45, 7) is 2.31. The van der Waals surface area contributed by atoms with Gasteiger partial charge in [0.15, 0.2) is 23.4 Å². The summed E-state index contributed by atoms with van der Waals surface area (Å²) in [6.07, 6.45) is 0. The van der Waals surface area contributed by atoms with E-state index in [1.807, 2.05) is 6.92 Å². The van der Waals surface area contributed by atoms with Crippen LogP contribution in [0.4, 0.5) is 23.2 Å². The molecule has 0 heterocycles. The van der Waals surface area contributed by atoms with Gasteiger partial charge < -0.3 is 15.5 Å². The van der Waals surface area contributed by atoms with E-state index in [1.165, 1.54) is 12.1 Å². The number of amides is 1. The second-order valence-corrected chi connectivity index (χ2v) is 5.93. The van der Waals surface area contributed by atoms with Crippen molar-refractivity contribution in [2.24, 2.45) is 4.99 Å². The topological polar surface area (TPSA) is 56.7 Å². The number of hydrogen-bond acceptors (Lipinski definition) is 2. The van der Waals surface area contributed by atoms with Gasteiger partial charge in [-0.1, -0.05) is 12.1 Å². The monoisotopic (exact) mass is 524 g/mol. The molecular formula is C19H21F4IN4O. The standard InChI is InChI=1S/C19H20F4N4O.HI/c1-3-24-19(27(2)11-12-5-4-6-13(20)9-12)25-10-16(28)26-15-8-7-14(21)17(22)18(15)23;/h4-9H,3,10-11H2,1-2H3,(H,24,25)(H,26,28);1H. The van der Waals surface area contributed by atoms with Crippen LogP contribution in [-0.4, -0.2) is 36.9 Å². The Hall–Kier alpha value is -2.37. The zero-order chi connectivity index (χ0) is 20.7. The van der Waals surface area contributed by atoms with Crippen LogP contribution in [0.5, 0.6) is 0 Å². The molecular weight excluding hydrogens is 503 g/mol. The normalized spacial score (nSPS) is 10.9. The van der Waals surface area contributed by atoms with Crippen molar-refractivity contribution in [1.29, 1.82) is 0 Å². The summed E-state index contributed by atoms with van der Waals surface area (Å²) in [7, 11) is 1.71. The van der Waals surface area contributed by atoms with Crippen molar-refractivity contribution < 1.29 is 22.4 Å². The van der Waals surface area contributed by atoms with Crippen LogP contribution >= 0.6 is 24.0 Å². The highest BCUT2D eigenvalue weighted by molar-refractivity contribution is 14.0. The molecule has 0 saturated carbocycles. The highest BCUT2D eigenvalue weighted by Gasteiger charge is 2.15. The van der Waals surface area contributed by atoms with Crippen LogP contribution < -0.4 is 10.6 Å². The van der Waals surface area contributed by atoms with Crippen LogP contribution in [0.15, 0.2) is 41.4 Å². The largest absolute Gasteiger partial charge is 0.357 e. The lowest BCUT2D eigenvalue weighted by molar-refractivity contribution is -0.114. The molecule has 2 rings (SSSR count). The van der Waals surface area contributed by atoms with Crippen LogP contribution in [-0.2, 0) is 11.3 Å². The predicted molar refractivity (Wildman–Crippen MR) is 114 cm³/mol. The minimum atomic E-state index is -1.66. The number of guanidine groups is 1. The number of nitrogens with zero attached hydrogens (tertiary/aromatic N) is 2. The lowest BCUT2D eigenvalue weighted by Gasteiger charge is -2.22. The maximum absolute atomic E-state index is 13.6. The number of halogens is 5. The molecule has 0 spiro atoms. The second-order valence-electron chi connectivity index (χ2n) is 5.93. The van der Waals surface area contributed by atoms with Crippen LogP contribution in [0.25, 0.3) is 0 Å². The Morgan fingerprint density at radius 2 is 1.83 bits per heavy atom. The molecule has 5 nitrogen and oxygen atoms in total. The molecule has 0 aromatic heterocycles. The molecule has 0 unspecified atom stereocenters. The SMILES string of the molecule is CCNC(=NCC(=O)Nc1ccc(F)c(F)c1F)N(C)Cc1cccc(F)c1.I. The number of nitrogens with one attached hydrogen (secondary N) is 2. The molecule has 0 aliphatic carbocycles.